The van der Waals surface area contributed by atoms with E-state index in [9.17, 15) is 0 Å². The lowest BCUT2D eigenvalue weighted by Crippen LogP contribution is -2.29. The molecular formula is C17H24N4O. The minimum Gasteiger partial charge on any atom is -0.396 e. The van der Waals surface area contributed by atoms with E-state index < -0.39 is 0 Å². The Labute approximate surface area is 131 Å². The molecule has 0 saturated carbocycles. The molecule has 1 unspecified atom stereocenters. The van der Waals surface area contributed by atoms with E-state index in [1.807, 2.05) is 0 Å². The van der Waals surface area contributed by atoms with E-state index >= 15 is 0 Å². The molecule has 1 aliphatic rings. The molecule has 0 amide bonds. The van der Waals surface area contributed by atoms with Gasteiger partial charge in [-0.1, -0.05) is 12.1 Å². The van der Waals surface area contributed by atoms with Crippen LogP contribution in [0.5, 0.6) is 0 Å². The number of nitrogens with zero attached hydrogens (tertiary/aromatic N) is 4. The maximum Gasteiger partial charge on any atom is 0.138 e. The van der Waals surface area contributed by atoms with Crippen LogP contribution in [0.15, 0.2) is 30.9 Å². The van der Waals surface area contributed by atoms with Crippen molar-refractivity contribution < 1.29 is 5.11 Å². The van der Waals surface area contributed by atoms with Crippen LogP contribution < -0.4 is 0 Å². The van der Waals surface area contributed by atoms with E-state index in [1.54, 1.807) is 17.3 Å². The molecule has 1 saturated heterocycles. The Morgan fingerprint density at radius 2 is 2.27 bits per heavy atom. The van der Waals surface area contributed by atoms with Crippen LogP contribution in [0.25, 0.3) is 5.69 Å². The summed E-state index contributed by atoms with van der Waals surface area (Å²) < 4.78 is 1.80. The van der Waals surface area contributed by atoms with Gasteiger partial charge < -0.3 is 5.11 Å². The number of likely N-dealkylation sites (tertiary alicyclic amines) is 1. The van der Waals surface area contributed by atoms with Gasteiger partial charge in [0.25, 0.3) is 0 Å². The average molecular weight is 300 g/mol. The standard InChI is InChI=1S/C17H24N4O/c1-14-10-15(6-7-17(14)21-13-18-12-19-21)11-20-8-2-4-16(20)5-3-9-22/h6-7,10,12-13,16,22H,2-5,8-9,11H2,1H3. The summed E-state index contributed by atoms with van der Waals surface area (Å²) in [5, 5.41) is 13.2. The van der Waals surface area contributed by atoms with Crippen molar-refractivity contribution in [1.82, 2.24) is 19.7 Å². The van der Waals surface area contributed by atoms with E-state index in [4.69, 9.17) is 5.11 Å². The number of hydrogen-bond acceptors (Lipinski definition) is 4. The molecule has 1 aliphatic heterocycles. The third-order valence-corrected chi connectivity index (χ3v) is 4.51. The SMILES string of the molecule is Cc1cc(CN2CCCC2CCCO)ccc1-n1cncn1. The molecule has 0 spiro atoms. The first kappa shape index (κ1) is 15.2. The molecule has 2 heterocycles. The van der Waals surface area contributed by atoms with Crippen LogP contribution >= 0.6 is 0 Å². The number of aliphatic hydroxyl groups excluding tert-OH is 1. The molecule has 118 valence electrons. The zero-order chi connectivity index (χ0) is 15.4. The fourth-order valence-corrected chi connectivity index (χ4v) is 3.40. The molecule has 2 aromatic rings. The van der Waals surface area contributed by atoms with Crippen LogP contribution in [0, 0.1) is 6.92 Å². The van der Waals surface area contributed by atoms with Crippen molar-refractivity contribution in [2.75, 3.05) is 13.2 Å². The van der Waals surface area contributed by atoms with Gasteiger partial charge in [-0.2, -0.15) is 5.10 Å². The second-order valence-corrected chi connectivity index (χ2v) is 6.09. The topological polar surface area (TPSA) is 54.2 Å². The Balaban J connectivity index is 1.69. The average Bonchev–Trinajstić information content (AvgIpc) is 3.17. The minimum absolute atomic E-state index is 0.302. The highest BCUT2D eigenvalue weighted by Gasteiger charge is 2.23. The van der Waals surface area contributed by atoms with Crippen molar-refractivity contribution in [3.05, 3.63) is 42.0 Å². The van der Waals surface area contributed by atoms with Gasteiger partial charge in [0, 0.05) is 19.2 Å². The van der Waals surface area contributed by atoms with Crippen molar-refractivity contribution >= 4 is 0 Å². The first-order valence-corrected chi connectivity index (χ1v) is 8.07. The number of aryl methyl sites for hydroxylation is 1. The summed E-state index contributed by atoms with van der Waals surface area (Å²) in [5.41, 5.74) is 3.64. The largest absolute Gasteiger partial charge is 0.396 e. The molecule has 1 N–H and O–H groups in total. The van der Waals surface area contributed by atoms with Crippen LogP contribution in [-0.2, 0) is 6.54 Å². The second-order valence-electron chi connectivity index (χ2n) is 6.09. The van der Waals surface area contributed by atoms with E-state index in [0.29, 0.717) is 12.6 Å². The molecule has 0 radical (unpaired) electrons. The predicted octanol–water partition coefficient (Wildman–Crippen LogP) is 2.31. The van der Waals surface area contributed by atoms with Crippen LogP contribution in [0.3, 0.4) is 0 Å². The van der Waals surface area contributed by atoms with Crippen LogP contribution in [0.2, 0.25) is 0 Å². The van der Waals surface area contributed by atoms with E-state index in [0.717, 1.165) is 25.1 Å². The van der Waals surface area contributed by atoms with Gasteiger partial charge in [0.15, 0.2) is 0 Å². The van der Waals surface area contributed by atoms with Crippen LogP contribution in [0.1, 0.15) is 36.8 Å². The Kier molecular flexibility index (Phi) is 4.85. The molecule has 1 aromatic heterocycles. The molecule has 5 heteroatoms. The van der Waals surface area contributed by atoms with Crippen molar-refractivity contribution in [3.63, 3.8) is 0 Å². The van der Waals surface area contributed by atoms with E-state index in [1.165, 1.54) is 30.5 Å². The summed E-state index contributed by atoms with van der Waals surface area (Å²) in [6.45, 7) is 4.58. The lowest BCUT2D eigenvalue weighted by molar-refractivity contribution is 0.210. The summed E-state index contributed by atoms with van der Waals surface area (Å²) in [5.74, 6) is 0. The van der Waals surface area contributed by atoms with Gasteiger partial charge >= 0.3 is 0 Å². The van der Waals surface area contributed by atoms with Crippen molar-refractivity contribution in [3.8, 4) is 5.69 Å². The maximum absolute atomic E-state index is 9.03. The fraction of sp³-hybridized carbons (Fsp3) is 0.529. The lowest BCUT2D eigenvalue weighted by atomic mass is 10.1. The molecule has 5 nitrogen and oxygen atoms in total. The van der Waals surface area contributed by atoms with Crippen molar-refractivity contribution in [2.45, 2.75) is 45.2 Å². The molecule has 22 heavy (non-hydrogen) atoms. The monoisotopic (exact) mass is 300 g/mol. The zero-order valence-corrected chi connectivity index (χ0v) is 13.1. The lowest BCUT2D eigenvalue weighted by Gasteiger charge is -2.24. The summed E-state index contributed by atoms with van der Waals surface area (Å²) in [7, 11) is 0. The number of rotatable bonds is 6. The number of hydrogen-bond donors (Lipinski definition) is 1. The first-order valence-electron chi connectivity index (χ1n) is 8.07. The summed E-state index contributed by atoms with van der Waals surface area (Å²) in [6, 6.07) is 7.18. The Morgan fingerprint density at radius 3 is 3.00 bits per heavy atom. The smallest absolute Gasteiger partial charge is 0.138 e. The highest BCUT2D eigenvalue weighted by Crippen LogP contribution is 2.24. The molecule has 1 aromatic carbocycles. The van der Waals surface area contributed by atoms with Gasteiger partial charge in [0.2, 0.25) is 0 Å². The number of aliphatic hydroxyl groups is 1. The van der Waals surface area contributed by atoms with Crippen molar-refractivity contribution in [2.24, 2.45) is 0 Å². The Morgan fingerprint density at radius 1 is 1.36 bits per heavy atom. The molecule has 1 atom stereocenters. The molecule has 3 rings (SSSR count). The van der Waals surface area contributed by atoms with E-state index in [-0.39, 0.29) is 0 Å². The number of aromatic nitrogens is 3. The summed E-state index contributed by atoms with van der Waals surface area (Å²) in [4.78, 5) is 6.56. The first-order chi connectivity index (χ1) is 10.8. The third-order valence-electron chi connectivity index (χ3n) is 4.51. The highest BCUT2D eigenvalue weighted by molar-refractivity contribution is 5.41. The van der Waals surface area contributed by atoms with Gasteiger partial charge in [0.1, 0.15) is 12.7 Å². The van der Waals surface area contributed by atoms with Crippen LogP contribution in [0.4, 0.5) is 0 Å². The number of benzene rings is 1. The second kappa shape index (κ2) is 7.03. The summed E-state index contributed by atoms with van der Waals surface area (Å²) in [6.07, 6.45) is 7.83. The van der Waals surface area contributed by atoms with Gasteiger partial charge in [-0.05, 0) is 56.3 Å². The Bertz CT molecular complexity index is 597. The van der Waals surface area contributed by atoms with Crippen molar-refractivity contribution in [1.29, 1.82) is 0 Å². The quantitative estimate of drug-likeness (QED) is 0.889. The normalized spacial score (nSPS) is 18.9. The molecule has 1 fully saturated rings. The zero-order valence-electron chi connectivity index (χ0n) is 13.1. The minimum atomic E-state index is 0.302. The predicted molar refractivity (Wildman–Crippen MR) is 85.8 cm³/mol. The Hall–Kier alpha value is -1.72. The van der Waals surface area contributed by atoms with Crippen LogP contribution in [-0.4, -0.2) is 44.0 Å². The highest BCUT2D eigenvalue weighted by atomic mass is 16.2. The third kappa shape index (κ3) is 3.36. The van der Waals surface area contributed by atoms with Gasteiger partial charge in [-0.3, -0.25) is 4.90 Å². The van der Waals surface area contributed by atoms with Gasteiger partial charge in [-0.25, -0.2) is 9.67 Å². The maximum atomic E-state index is 9.03. The fourth-order valence-electron chi connectivity index (χ4n) is 3.40. The van der Waals surface area contributed by atoms with Gasteiger partial charge in [-0.15, -0.1) is 0 Å². The van der Waals surface area contributed by atoms with E-state index in [2.05, 4.69) is 40.1 Å². The molecular weight excluding hydrogens is 276 g/mol. The molecule has 0 bridgehead atoms. The van der Waals surface area contributed by atoms with Gasteiger partial charge in [0.05, 0.1) is 5.69 Å². The molecule has 0 aliphatic carbocycles. The summed E-state index contributed by atoms with van der Waals surface area (Å²) >= 11 is 0.